The van der Waals surface area contributed by atoms with Gasteiger partial charge in [-0.2, -0.15) is 0 Å². The summed E-state index contributed by atoms with van der Waals surface area (Å²) in [5.41, 5.74) is 1.93. The van der Waals surface area contributed by atoms with Gasteiger partial charge in [0.1, 0.15) is 22.8 Å². The molecule has 0 aliphatic carbocycles. The molecule has 2 aromatic carbocycles. The molecular weight excluding hydrogens is 356 g/mol. The lowest BCUT2D eigenvalue weighted by Gasteiger charge is -2.10. The van der Waals surface area contributed by atoms with E-state index in [9.17, 15) is 4.79 Å². The number of hydrogen-bond acceptors (Lipinski definition) is 6. The second-order valence-corrected chi connectivity index (χ2v) is 5.91. The zero-order valence-electron chi connectivity index (χ0n) is 14.8. The van der Waals surface area contributed by atoms with E-state index in [-0.39, 0.29) is 6.61 Å². The highest BCUT2D eigenvalue weighted by Gasteiger charge is 2.16. The minimum Gasteiger partial charge on any atom is -0.455 e. The van der Waals surface area contributed by atoms with Gasteiger partial charge in [-0.1, -0.05) is 47.6 Å². The minimum atomic E-state index is -0.517. The standard InChI is InChI=1S/C22H16N2O4/c25-22(19-10-4-5-11-21(19)27-17-9-6-12-23-14-17)26-15-18-13-20(24-28-18)16-7-2-1-3-8-16/h1-14H,15H2. The maximum absolute atomic E-state index is 12.5. The van der Waals surface area contributed by atoms with Crippen molar-refractivity contribution >= 4 is 5.97 Å². The Morgan fingerprint density at radius 1 is 0.964 bits per heavy atom. The normalized spacial score (nSPS) is 10.4. The third-order valence-corrected chi connectivity index (χ3v) is 3.94. The molecule has 0 N–H and O–H groups in total. The molecule has 4 aromatic rings. The lowest BCUT2D eigenvalue weighted by molar-refractivity contribution is 0.0434. The topological polar surface area (TPSA) is 74.5 Å². The predicted molar refractivity (Wildman–Crippen MR) is 102 cm³/mol. The van der Waals surface area contributed by atoms with Gasteiger partial charge in [0.2, 0.25) is 0 Å². The molecule has 0 aliphatic heterocycles. The van der Waals surface area contributed by atoms with Crippen LogP contribution in [-0.2, 0) is 11.3 Å². The number of carbonyl (C=O) groups is 1. The lowest BCUT2D eigenvalue weighted by atomic mass is 10.1. The van der Waals surface area contributed by atoms with E-state index in [4.69, 9.17) is 14.0 Å². The summed E-state index contributed by atoms with van der Waals surface area (Å²) < 4.78 is 16.4. The van der Waals surface area contributed by atoms with Crippen molar-refractivity contribution in [3.63, 3.8) is 0 Å². The third kappa shape index (κ3) is 4.07. The molecule has 2 heterocycles. The lowest BCUT2D eigenvalue weighted by Crippen LogP contribution is -2.06. The number of para-hydroxylation sites is 1. The molecule has 0 amide bonds. The highest BCUT2D eigenvalue weighted by atomic mass is 16.6. The van der Waals surface area contributed by atoms with E-state index in [0.717, 1.165) is 5.56 Å². The van der Waals surface area contributed by atoms with Crippen molar-refractivity contribution in [2.24, 2.45) is 0 Å². The van der Waals surface area contributed by atoms with Crippen LogP contribution in [0.5, 0.6) is 11.5 Å². The second kappa shape index (κ2) is 8.18. The summed E-state index contributed by atoms with van der Waals surface area (Å²) in [6.07, 6.45) is 3.22. The molecule has 6 heteroatoms. The van der Waals surface area contributed by atoms with E-state index in [1.165, 1.54) is 0 Å². The van der Waals surface area contributed by atoms with Crippen molar-refractivity contribution in [1.82, 2.24) is 10.1 Å². The molecule has 0 unspecified atom stereocenters. The maximum atomic E-state index is 12.5. The number of ether oxygens (including phenoxy) is 2. The fraction of sp³-hybridized carbons (Fsp3) is 0.0455. The molecule has 0 saturated carbocycles. The Hall–Kier alpha value is -3.93. The number of benzene rings is 2. The third-order valence-electron chi connectivity index (χ3n) is 3.94. The molecule has 0 spiro atoms. The highest BCUT2D eigenvalue weighted by Crippen LogP contribution is 2.26. The van der Waals surface area contributed by atoms with E-state index in [1.54, 1.807) is 54.9 Å². The van der Waals surface area contributed by atoms with Crippen LogP contribution in [0, 0.1) is 0 Å². The number of carbonyl (C=O) groups excluding carboxylic acids is 1. The van der Waals surface area contributed by atoms with Crippen molar-refractivity contribution in [1.29, 1.82) is 0 Å². The van der Waals surface area contributed by atoms with Gasteiger partial charge in [-0.05, 0) is 24.3 Å². The zero-order valence-corrected chi connectivity index (χ0v) is 14.8. The van der Waals surface area contributed by atoms with Crippen LogP contribution in [0.3, 0.4) is 0 Å². The molecule has 0 bridgehead atoms. The molecule has 6 nitrogen and oxygen atoms in total. The number of esters is 1. The number of rotatable bonds is 6. The van der Waals surface area contributed by atoms with E-state index in [1.807, 2.05) is 30.3 Å². The van der Waals surface area contributed by atoms with Gasteiger partial charge in [-0.3, -0.25) is 4.98 Å². The van der Waals surface area contributed by atoms with Crippen molar-refractivity contribution in [3.8, 4) is 22.8 Å². The van der Waals surface area contributed by atoms with Crippen LogP contribution in [0.15, 0.2) is 89.7 Å². The Labute approximate surface area is 161 Å². The van der Waals surface area contributed by atoms with E-state index in [2.05, 4.69) is 10.1 Å². The fourth-order valence-electron chi connectivity index (χ4n) is 2.60. The molecule has 2 aromatic heterocycles. The fourth-order valence-corrected chi connectivity index (χ4v) is 2.60. The molecule has 0 aliphatic rings. The van der Waals surface area contributed by atoms with E-state index >= 15 is 0 Å². The molecule has 0 saturated heterocycles. The predicted octanol–water partition coefficient (Wildman–Crippen LogP) is 4.89. The molecule has 0 fully saturated rings. The summed E-state index contributed by atoms with van der Waals surface area (Å²) in [6, 6.07) is 21.8. The first-order chi connectivity index (χ1) is 13.8. The first-order valence-electron chi connectivity index (χ1n) is 8.64. The van der Waals surface area contributed by atoms with Crippen LogP contribution < -0.4 is 4.74 Å². The van der Waals surface area contributed by atoms with Gasteiger partial charge in [0.05, 0.1) is 6.20 Å². The van der Waals surface area contributed by atoms with Gasteiger partial charge in [-0.25, -0.2) is 4.79 Å². The number of hydrogen-bond donors (Lipinski definition) is 0. The summed E-state index contributed by atoms with van der Waals surface area (Å²) in [5, 5.41) is 4.01. The van der Waals surface area contributed by atoms with Crippen LogP contribution in [0.4, 0.5) is 0 Å². The molecule has 0 radical (unpaired) electrons. The summed E-state index contributed by atoms with van der Waals surface area (Å²) in [5.74, 6) is 0.864. The van der Waals surface area contributed by atoms with Gasteiger partial charge in [-0.15, -0.1) is 0 Å². The molecule has 4 rings (SSSR count). The first-order valence-corrected chi connectivity index (χ1v) is 8.64. The Kier molecular flexibility index (Phi) is 5.11. The first kappa shape index (κ1) is 17.5. The van der Waals surface area contributed by atoms with Crippen molar-refractivity contribution in [2.45, 2.75) is 6.61 Å². The van der Waals surface area contributed by atoms with Crippen LogP contribution in [0.1, 0.15) is 16.1 Å². The molecular formula is C22H16N2O4. The van der Waals surface area contributed by atoms with Crippen LogP contribution in [0.25, 0.3) is 11.3 Å². The summed E-state index contributed by atoms with van der Waals surface area (Å²) in [4.78, 5) is 16.5. The average Bonchev–Trinajstić information content (AvgIpc) is 3.23. The van der Waals surface area contributed by atoms with Crippen molar-refractivity contribution in [3.05, 3.63) is 96.5 Å². The second-order valence-electron chi connectivity index (χ2n) is 5.91. The Morgan fingerprint density at radius 2 is 1.79 bits per heavy atom. The smallest absolute Gasteiger partial charge is 0.342 e. The number of aromatic nitrogens is 2. The van der Waals surface area contributed by atoms with E-state index < -0.39 is 5.97 Å². The Bertz CT molecular complexity index is 1060. The van der Waals surface area contributed by atoms with Gasteiger partial charge < -0.3 is 14.0 Å². The number of pyridine rings is 1. The summed E-state index contributed by atoms with van der Waals surface area (Å²) >= 11 is 0. The highest BCUT2D eigenvalue weighted by molar-refractivity contribution is 5.92. The monoisotopic (exact) mass is 372 g/mol. The van der Waals surface area contributed by atoms with Crippen molar-refractivity contribution in [2.75, 3.05) is 0 Å². The van der Waals surface area contributed by atoms with Crippen LogP contribution in [0.2, 0.25) is 0 Å². The molecule has 28 heavy (non-hydrogen) atoms. The Balaban J connectivity index is 1.44. The quantitative estimate of drug-likeness (QED) is 0.449. The van der Waals surface area contributed by atoms with Crippen molar-refractivity contribution < 1.29 is 18.8 Å². The number of nitrogens with zero attached hydrogens (tertiary/aromatic N) is 2. The van der Waals surface area contributed by atoms with Gasteiger partial charge in [0.15, 0.2) is 12.4 Å². The SMILES string of the molecule is O=C(OCc1cc(-c2ccccc2)no1)c1ccccc1Oc1cccnc1. The van der Waals surface area contributed by atoms with Gasteiger partial charge in [0, 0.05) is 17.8 Å². The molecule has 138 valence electrons. The van der Waals surface area contributed by atoms with Crippen LogP contribution in [-0.4, -0.2) is 16.1 Å². The van der Waals surface area contributed by atoms with Gasteiger partial charge in [0.25, 0.3) is 0 Å². The van der Waals surface area contributed by atoms with E-state index in [0.29, 0.717) is 28.5 Å². The van der Waals surface area contributed by atoms with Gasteiger partial charge >= 0.3 is 5.97 Å². The zero-order chi connectivity index (χ0) is 19.2. The maximum Gasteiger partial charge on any atom is 0.342 e. The molecule has 0 atom stereocenters. The summed E-state index contributed by atoms with van der Waals surface area (Å²) in [6.45, 7) is -0.0279. The van der Waals surface area contributed by atoms with Crippen LogP contribution >= 0.6 is 0 Å². The summed E-state index contributed by atoms with van der Waals surface area (Å²) in [7, 11) is 0. The average molecular weight is 372 g/mol. The largest absolute Gasteiger partial charge is 0.455 e. The minimum absolute atomic E-state index is 0.0279. The Morgan fingerprint density at radius 3 is 2.61 bits per heavy atom.